The third kappa shape index (κ3) is 5.55. The normalized spacial score (nSPS) is 32.9. The summed E-state index contributed by atoms with van der Waals surface area (Å²) in [6, 6.07) is 5.36. The molecule has 0 bridgehead atoms. The molecule has 1 aromatic heterocycles. The van der Waals surface area contributed by atoms with Gasteiger partial charge in [-0.15, -0.1) is 0 Å². The van der Waals surface area contributed by atoms with E-state index in [4.69, 9.17) is 23.4 Å². The van der Waals surface area contributed by atoms with Gasteiger partial charge in [-0.3, -0.25) is 4.79 Å². The van der Waals surface area contributed by atoms with Gasteiger partial charge in [0.1, 0.15) is 65.2 Å². The first kappa shape index (κ1) is 30.7. The van der Waals surface area contributed by atoms with Crippen LogP contribution in [0.2, 0.25) is 0 Å². The number of ether oxygens (including phenoxy) is 4. The van der Waals surface area contributed by atoms with Crippen LogP contribution < -0.4 is 14.9 Å². The molecular weight excluding hydrogens is 580 g/mol. The molecule has 0 saturated carbocycles. The lowest BCUT2D eigenvalue weighted by atomic mass is 9.99. The summed E-state index contributed by atoms with van der Waals surface area (Å²) in [6.07, 6.45) is -16.1. The molecule has 2 aliphatic heterocycles. The minimum Gasteiger partial charge on any atom is -0.508 e. The van der Waals surface area contributed by atoms with Crippen molar-refractivity contribution < 1.29 is 74.4 Å². The molecule has 2 fully saturated rings. The van der Waals surface area contributed by atoms with E-state index >= 15 is 0 Å². The van der Waals surface area contributed by atoms with Crippen LogP contribution in [-0.4, -0.2) is 119 Å². The minimum absolute atomic E-state index is 0.0480. The highest BCUT2D eigenvalue weighted by Crippen LogP contribution is 2.40. The summed E-state index contributed by atoms with van der Waals surface area (Å²) in [5, 5.41) is 101. The summed E-state index contributed by atoms with van der Waals surface area (Å²) in [5.74, 6) is -3.09. The van der Waals surface area contributed by atoms with Crippen molar-refractivity contribution in [3.8, 4) is 40.1 Å². The van der Waals surface area contributed by atoms with E-state index in [1.807, 2.05) is 0 Å². The summed E-state index contributed by atoms with van der Waals surface area (Å²) in [7, 11) is 0. The summed E-state index contributed by atoms with van der Waals surface area (Å²) in [6.45, 7) is 0.649. The van der Waals surface area contributed by atoms with Gasteiger partial charge in [-0.2, -0.15) is 0 Å². The van der Waals surface area contributed by atoms with Crippen molar-refractivity contribution >= 4 is 11.0 Å². The smallest absolute Gasteiger partial charge is 0.239 e. The van der Waals surface area contributed by atoms with Crippen LogP contribution in [0.4, 0.5) is 0 Å². The minimum atomic E-state index is -1.84. The zero-order valence-electron chi connectivity index (χ0n) is 22.3. The molecule has 43 heavy (non-hydrogen) atoms. The Kier molecular flexibility index (Phi) is 8.41. The second-order valence-corrected chi connectivity index (χ2v) is 10.2. The van der Waals surface area contributed by atoms with Gasteiger partial charge in [-0.1, -0.05) is 0 Å². The van der Waals surface area contributed by atoms with E-state index in [0.717, 1.165) is 24.3 Å². The lowest BCUT2D eigenvalue weighted by molar-refractivity contribution is -0.277. The third-order valence-electron chi connectivity index (χ3n) is 7.27. The van der Waals surface area contributed by atoms with Crippen LogP contribution >= 0.6 is 0 Å². The van der Waals surface area contributed by atoms with E-state index in [1.165, 1.54) is 13.0 Å². The number of rotatable bonds is 6. The third-order valence-corrected chi connectivity index (χ3v) is 7.27. The molecule has 2 saturated heterocycles. The summed E-state index contributed by atoms with van der Waals surface area (Å²) in [4.78, 5) is 13.6. The fraction of sp³-hybridized carbons (Fsp3) is 0.444. The van der Waals surface area contributed by atoms with Gasteiger partial charge in [-0.05, 0) is 25.1 Å². The van der Waals surface area contributed by atoms with Crippen molar-refractivity contribution in [1.29, 1.82) is 0 Å². The van der Waals surface area contributed by atoms with Crippen molar-refractivity contribution in [2.24, 2.45) is 0 Å². The van der Waals surface area contributed by atoms with Crippen LogP contribution in [0.1, 0.15) is 6.92 Å². The molecule has 0 unspecified atom stereocenters. The first-order valence-electron chi connectivity index (χ1n) is 13.0. The summed E-state index contributed by atoms with van der Waals surface area (Å²) >= 11 is 0. The summed E-state index contributed by atoms with van der Waals surface area (Å²) in [5.41, 5.74) is -1.35. The topological polar surface area (TPSA) is 269 Å². The Balaban J connectivity index is 1.60. The number of benzene rings is 2. The SMILES string of the molecule is C[C@@H]1O[C@@H](Oc2c(-c3ccc(O)c(O[C@@H]4O[C@@H](CO)[C@@H](O)[C@H](O)[C@H]4O)c3)oc3cc(O)cc(O)c3c2=O)[C@@H](O)[C@H](O)[C@H]1O. The van der Waals surface area contributed by atoms with Crippen LogP contribution in [0.15, 0.2) is 39.5 Å². The van der Waals surface area contributed by atoms with Crippen LogP contribution in [-0.2, 0) is 9.47 Å². The monoisotopic (exact) mass is 610 g/mol. The van der Waals surface area contributed by atoms with Gasteiger partial charge < -0.3 is 74.4 Å². The average Bonchev–Trinajstić information content (AvgIpc) is 2.96. The number of aromatic hydroxyl groups is 3. The van der Waals surface area contributed by atoms with Gasteiger partial charge in [-0.25, -0.2) is 0 Å². The van der Waals surface area contributed by atoms with E-state index < -0.39 is 113 Å². The highest BCUT2D eigenvalue weighted by atomic mass is 16.7. The van der Waals surface area contributed by atoms with Crippen LogP contribution in [0.3, 0.4) is 0 Å². The van der Waals surface area contributed by atoms with E-state index in [-0.39, 0.29) is 11.1 Å². The Hall–Kier alpha value is -3.71. The Morgan fingerprint density at radius 1 is 0.767 bits per heavy atom. The molecule has 0 aliphatic carbocycles. The number of phenols is 3. The first-order valence-corrected chi connectivity index (χ1v) is 13.0. The predicted octanol–water partition coefficient (Wildman–Crippen LogP) is -2.04. The van der Waals surface area contributed by atoms with Crippen molar-refractivity contribution in [2.45, 2.75) is 68.3 Å². The van der Waals surface area contributed by atoms with E-state index in [0.29, 0.717) is 0 Å². The quantitative estimate of drug-likeness (QED) is 0.144. The molecule has 0 spiro atoms. The number of aliphatic hydroxyl groups excluding tert-OH is 7. The van der Waals surface area contributed by atoms with E-state index in [2.05, 4.69) is 0 Å². The molecule has 2 aromatic carbocycles. The van der Waals surface area contributed by atoms with Crippen LogP contribution in [0, 0.1) is 0 Å². The molecule has 0 amide bonds. The molecule has 5 rings (SSSR count). The van der Waals surface area contributed by atoms with Gasteiger partial charge in [0.15, 0.2) is 17.3 Å². The number of hydrogen-bond acceptors (Lipinski definition) is 16. The van der Waals surface area contributed by atoms with E-state index in [9.17, 15) is 55.9 Å². The zero-order chi connectivity index (χ0) is 31.3. The second-order valence-electron chi connectivity index (χ2n) is 10.2. The summed E-state index contributed by atoms with van der Waals surface area (Å²) < 4.78 is 27.8. The fourth-order valence-corrected chi connectivity index (χ4v) is 4.83. The molecule has 10 N–H and O–H groups in total. The van der Waals surface area contributed by atoms with Crippen molar-refractivity contribution in [3.05, 3.63) is 40.6 Å². The standard InChI is InChI=1S/C27H30O16/c1-8-17(32)20(35)22(37)26(39-8)43-25-19(34)16-12(31)5-10(29)6-14(16)40-24(25)9-2-3-11(30)13(4-9)41-27-23(38)21(36)18(33)15(7-28)42-27/h2-6,8,15,17-18,20-23,26-33,35-38H,7H2,1H3/t8-,15-,17-,18+,20+,21-,22-,23+,26-,27+/m0/s1. The van der Waals surface area contributed by atoms with E-state index in [1.54, 1.807) is 0 Å². The Bertz CT molecular complexity index is 1540. The Labute approximate surface area is 241 Å². The highest BCUT2D eigenvalue weighted by Gasteiger charge is 2.46. The average molecular weight is 611 g/mol. The predicted molar refractivity (Wildman–Crippen MR) is 140 cm³/mol. The van der Waals surface area contributed by atoms with Crippen molar-refractivity contribution in [2.75, 3.05) is 6.61 Å². The van der Waals surface area contributed by atoms with Gasteiger partial charge in [0.05, 0.1) is 12.7 Å². The number of fused-ring (bicyclic) bond motifs is 1. The van der Waals surface area contributed by atoms with Crippen molar-refractivity contribution in [1.82, 2.24) is 0 Å². The maximum atomic E-state index is 13.6. The zero-order valence-corrected chi connectivity index (χ0v) is 22.3. The molecule has 16 heteroatoms. The molecule has 3 heterocycles. The first-order chi connectivity index (χ1) is 20.3. The lowest BCUT2D eigenvalue weighted by Gasteiger charge is -2.39. The Morgan fingerprint density at radius 3 is 2.09 bits per heavy atom. The maximum absolute atomic E-state index is 13.6. The molecule has 2 aliphatic rings. The molecule has 16 nitrogen and oxygen atoms in total. The molecule has 10 atom stereocenters. The second kappa shape index (κ2) is 11.8. The Morgan fingerprint density at radius 2 is 1.42 bits per heavy atom. The van der Waals surface area contributed by atoms with Crippen molar-refractivity contribution in [3.63, 3.8) is 0 Å². The molecule has 0 radical (unpaired) electrons. The molecular formula is C27H30O16. The highest BCUT2D eigenvalue weighted by molar-refractivity contribution is 5.88. The maximum Gasteiger partial charge on any atom is 0.239 e. The molecule has 234 valence electrons. The van der Waals surface area contributed by atoms with Gasteiger partial charge >= 0.3 is 0 Å². The van der Waals surface area contributed by atoms with Gasteiger partial charge in [0, 0.05) is 17.7 Å². The lowest BCUT2D eigenvalue weighted by Crippen LogP contribution is -2.60. The largest absolute Gasteiger partial charge is 0.508 e. The number of aliphatic hydroxyl groups is 7. The fourth-order valence-electron chi connectivity index (χ4n) is 4.83. The van der Waals surface area contributed by atoms with Gasteiger partial charge in [0.25, 0.3) is 0 Å². The molecule has 3 aromatic rings. The van der Waals surface area contributed by atoms with Gasteiger partial charge in [0.2, 0.25) is 23.8 Å². The number of phenolic OH excluding ortho intramolecular Hbond substituents is 3. The van der Waals surface area contributed by atoms with Crippen LogP contribution in [0.5, 0.6) is 28.7 Å². The number of hydrogen-bond donors (Lipinski definition) is 10. The van der Waals surface area contributed by atoms with Crippen LogP contribution in [0.25, 0.3) is 22.3 Å².